The van der Waals surface area contributed by atoms with Crippen LogP contribution in [0.25, 0.3) is 0 Å². The lowest BCUT2D eigenvalue weighted by Gasteiger charge is -2.29. The number of allylic oxidation sites excluding steroid dienone is 5. The maximum absolute atomic E-state index is 9.65. The van der Waals surface area contributed by atoms with E-state index in [9.17, 15) is 10.2 Å². The van der Waals surface area contributed by atoms with Crippen LogP contribution in [0.4, 0.5) is 0 Å². The van der Waals surface area contributed by atoms with Crippen molar-refractivity contribution in [3.8, 4) is 0 Å². The second-order valence-electron chi connectivity index (χ2n) is 4.17. The summed E-state index contributed by atoms with van der Waals surface area (Å²) in [5.41, 5.74) is 0. The van der Waals surface area contributed by atoms with Gasteiger partial charge >= 0.3 is 0 Å². The van der Waals surface area contributed by atoms with Crippen LogP contribution in [0.2, 0.25) is 0 Å². The van der Waals surface area contributed by atoms with Gasteiger partial charge in [-0.15, -0.1) is 0 Å². The number of unbranched alkanes of at least 4 members (excludes halogenated alkanes) is 1. The van der Waals surface area contributed by atoms with Crippen molar-refractivity contribution < 1.29 is 14.9 Å². The molecule has 1 saturated heterocycles. The summed E-state index contributed by atoms with van der Waals surface area (Å²) in [6.45, 7) is 2.63. The first-order valence-electron chi connectivity index (χ1n) is 6.23. The molecular formula is C14H22O3. The number of hydrogen-bond acceptors (Lipinski definition) is 3. The molecule has 1 unspecified atom stereocenters. The van der Waals surface area contributed by atoms with Crippen LogP contribution >= 0.6 is 0 Å². The molecule has 0 spiro atoms. The quantitative estimate of drug-likeness (QED) is 0.720. The molecule has 3 atom stereocenters. The summed E-state index contributed by atoms with van der Waals surface area (Å²) in [6, 6.07) is 0. The van der Waals surface area contributed by atoms with Crippen molar-refractivity contribution in [2.24, 2.45) is 0 Å². The number of aliphatic hydroxyl groups excluding tert-OH is 2. The Morgan fingerprint density at radius 2 is 1.94 bits per heavy atom. The monoisotopic (exact) mass is 238 g/mol. The van der Waals surface area contributed by atoms with Crippen LogP contribution in [0.3, 0.4) is 0 Å². The zero-order chi connectivity index (χ0) is 12.5. The van der Waals surface area contributed by atoms with Gasteiger partial charge in [-0.1, -0.05) is 49.8 Å². The van der Waals surface area contributed by atoms with E-state index in [2.05, 4.69) is 13.0 Å². The van der Waals surface area contributed by atoms with Gasteiger partial charge in [-0.05, 0) is 12.8 Å². The smallest absolute Gasteiger partial charge is 0.110 e. The molecule has 1 aliphatic heterocycles. The van der Waals surface area contributed by atoms with Gasteiger partial charge in [0.05, 0.1) is 12.7 Å². The SMILES string of the molecule is CCC/C=C/C=C/C=C/C1OCC[C@@H](O)[C@@H]1O. The molecule has 3 nitrogen and oxygen atoms in total. The lowest BCUT2D eigenvalue weighted by Crippen LogP contribution is -2.43. The molecule has 1 heterocycles. The first kappa shape index (κ1) is 14.2. The lowest BCUT2D eigenvalue weighted by atomic mass is 10.0. The number of hydrogen-bond donors (Lipinski definition) is 2. The average molecular weight is 238 g/mol. The Kier molecular flexibility index (Phi) is 6.86. The molecule has 3 heteroatoms. The Morgan fingerprint density at radius 3 is 2.71 bits per heavy atom. The predicted octanol–water partition coefficient (Wildman–Crippen LogP) is 1.97. The summed E-state index contributed by atoms with van der Waals surface area (Å²) in [5, 5.41) is 19.1. The first-order chi connectivity index (χ1) is 8.25. The van der Waals surface area contributed by atoms with Crippen LogP contribution in [0.5, 0.6) is 0 Å². The molecule has 0 bridgehead atoms. The minimum atomic E-state index is -0.816. The van der Waals surface area contributed by atoms with Crippen molar-refractivity contribution in [2.45, 2.75) is 44.5 Å². The Hall–Kier alpha value is -0.900. The average Bonchev–Trinajstić information content (AvgIpc) is 2.33. The number of ether oxygens (including phenoxy) is 1. The van der Waals surface area contributed by atoms with E-state index in [4.69, 9.17) is 4.74 Å². The van der Waals surface area contributed by atoms with Crippen molar-refractivity contribution >= 4 is 0 Å². The van der Waals surface area contributed by atoms with E-state index >= 15 is 0 Å². The highest BCUT2D eigenvalue weighted by Gasteiger charge is 2.29. The largest absolute Gasteiger partial charge is 0.390 e. The Balaban J connectivity index is 2.32. The van der Waals surface area contributed by atoms with Crippen LogP contribution in [0.1, 0.15) is 26.2 Å². The molecule has 96 valence electrons. The van der Waals surface area contributed by atoms with Crippen LogP contribution in [-0.2, 0) is 4.74 Å². The molecule has 2 N–H and O–H groups in total. The fourth-order valence-corrected chi connectivity index (χ4v) is 1.63. The molecule has 0 aromatic carbocycles. The van der Waals surface area contributed by atoms with Crippen molar-refractivity contribution in [3.63, 3.8) is 0 Å². The third-order valence-corrected chi connectivity index (χ3v) is 2.68. The molecule has 0 aromatic heterocycles. The van der Waals surface area contributed by atoms with E-state index < -0.39 is 18.3 Å². The zero-order valence-corrected chi connectivity index (χ0v) is 10.3. The predicted molar refractivity (Wildman–Crippen MR) is 68.7 cm³/mol. The summed E-state index contributed by atoms with van der Waals surface area (Å²) < 4.78 is 5.36. The van der Waals surface area contributed by atoms with Crippen LogP contribution in [0, 0.1) is 0 Å². The standard InChI is InChI=1S/C14H22O3/c1-2-3-4-5-6-7-8-9-13-14(16)12(15)10-11-17-13/h4-9,12-16H,2-3,10-11H2,1H3/b5-4+,7-6+,9-8+/t12-,13?,14+/m1/s1. The molecule has 17 heavy (non-hydrogen) atoms. The minimum absolute atomic E-state index is 0.400. The van der Waals surface area contributed by atoms with Crippen LogP contribution in [0.15, 0.2) is 36.5 Å². The topological polar surface area (TPSA) is 49.7 Å². The fourth-order valence-electron chi connectivity index (χ4n) is 1.63. The van der Waals surface area contributed by atoms with Crippen molar-refractivity contribution in [2.75, 3.05) is 6.61 Å². The third-order valence-electron chi connectivity index (χ3n) is 2.68. The van der Waals surface area contributed by atoms with Gasteiger partial charge in [0.1, 0.15) is 12.2 Å². The van der Waals surface area contributed by atoms with Gasteiger partial charge in [0.2, 0.25) is 0 Å². The minimum Gasteiger partial charge on any atom is -0.390 e. The van der Waals surface area contributed by atoms with E-state index in [1.165, 1.54) is 0 Å². The molecule has 0 aliphatic carbocycles. The van der Waals surface area contributed by atoms with E-state index in [0.29, 0.717) is 13.0 Å². The highest BCUT2D eigenvalue weighted by molar-refractivity contribution is 5.13. The Labute approximate surface area is 103 Å². The van der Waals surface area contributed by atoms with Gasteiger partial charge in [-0.25, -0.2) is 0 Å². The molecular weight excluding hydrogens is 216 g/mol. The molecule has 0 radical (unpaired) electrons. The van der Waals surface area contributed by atoms with E-state index in [1.54, 1.807) is 6.08 Å². The van der Waals surface area contributed by atoms with E-state index in [0.717, 1.165) is 12.8 Å². The van der Waals surface area contributed by atoms with Crippen LogP contribution < -0.4 is 0 Å². The molecule has 1 aliphatic rings. The highest BCUT2D eigenvalue weighted by Crippen LogP contribution is 2.15. The number of aliphatic hydroxyl groups is 2. The third kappa shape index (κ3) is 5.31. The summed E-state index contributed by atoms with van der Waals surface area (Å²) in [6.07, 6.45) is 12.4. The van der Waals surface area contributed by atoms with Gasteiger partial charge < -0.3 is 14.9 Å². The van der Waals surface area contributed by atoms with Crippen LogP contribution in [-0.4, -0.2) is 35.1 Å². The lowest BCUT2D eigenvalue weighted by molar-refractivity contribution is -0.116. The van der Waals surface area contributed by atoms with E-state index in [-0.39, 0.29) is 0 Å². The summed E-state index contributed by atoms with van der Waals surface area (Å²) >= 11 is 0. The fraction of sp³-hybridized carbons (Fsp3) is 0.571. The number of rotatable bonds is 5. The van der Waals surface area contributed by atoms with Crippen molar-refractivity contribution in [3.05, 3.63) is 36.5 Å². The first-order valence-corrected chi connectivity index (χ1v) is 6.23. The van der Waals surface area contributed by atoms with Gasteiger partial charge in [-0.2, -0.15) is 0 Å². The van der Waals surface area contributed by atoms with Crippen molar-refractivity contribution in [1.82, 2.24) is 0 Å². The molecule has 1 rings (SSSR count). The maximum atomic E-state index is 9.65. The normalized spacial score (nSPS) is 30.9. The van der Waals surface area contributed by atoms with Crippen molar-refractivity contribution in [1.29, 1.82) is 0 Å². The molecule has 0 saturated carbocycles. The molecule has 1 fully saturated rings. The van der Waals surface area contributed by atoms with E-state index in [1.807, 2.05) is 24.3 Å². The Bertz CT molecular complexity index is 281. The zero-order valence-electron chi connectivity index (χ0n) is 10.3. The maximum Gasteiger partial charge on any atom is 0.110 e. The summed E-state index contributed by atoms with van der Waals surface area (Å²) in [4.78, 5) is 0. The second kappa shape index (κ2) is 8.23. The second-order valence-corrected chi connectivity index (χ2v) is 4.17. The molecule has 0 aromatic rings. The van der Waals surface area contributed by atoms with Gasteiger partial charge in [0, 0.05) is 0 Å². The van der Waals surface area contributed by atoms with Gasteiger partial charge in [0.25, 0.3) is 0 Å². The Morgan fingerprint density at radius 1 is 1.18 bits per heavy atom. The summed E-state index contributed by atoms with van der Waals surface area (Å²) in [5.74, 6) is 0. The molecule has 0 amide bonds. The highest BCUT2D eigenvalue weighted by atomic mass is 16.5. The van der Waals surface area contributed by atoms with Gasteiger partial charge in [-0.3, -0.25) is 0 Å². The summed E-state index contributed by atoms with van der Waals surface area (Å²) in [7, 11) is 0. The van der Waals surface area contributed by atoms with Gasteiger partial charge in [0.15, 0.2) is 0 Å².